The summed E-state index contributed by atoms with van der Waals surface area (Å²) in [5.74, 6) is -1.30. The summed E-state index contributed by atoms with van der Waals surface area (Å²) < 4.78 is 13.3. The van der Waals surface area contributed by atoms with Gasteiger partial charge in [-0.05, 0) is 6.07 Å². The largest absolute Gasteiger partial charge is 0.351 e. The maximum absolute atomic E-state index is 13.3. The van der Waals surface area contributed by atoms with Crippen LogP contribution in [0.2, 0.25) is 0 Å². The van der Waals surface area contributed by atoms with Crippen LogP contribution in [-0.4, -0.2) is 55.0 Å². The van der Waals surface area contributed by atoms with Gasteiger partial charge in [0.15, 0.2) is 0 Å². The Hall–Kier alpha value is -2.06. The van der Waals surface area contributed by atoms with Gasteiger partial charge >= 0.3 is 0 Å². The van der Waals surface area contributed by atoms with Gasteiger partial charge in [-0.3, -0.25) is 19.8 Å². The molecule has 1 aromatic carbocycles. The van der Waals surface area contributed by atoms with Gasteiger partial charge in [0.05, 0.1) is 11.0 Å². The summed E-state index contributed by atoms with van der Waals surface area (Å²) >= 11 is 0. The maximum Gasteiger partial charge on any atom is 0.273 e. The Bertz CT molecular complexity index is 532. The molecule has 0 radical (unpaired) electrons. The van der Waals surface area contributed by atoms with Gasteiger partial charge in [0.1, 0.15) is 5.82 Å². The third-order valence-electron chi connectivity index (χ3n) is 3.28. The van der Waals surface area contributed by atoms with E-state index in [-0.39, 0.29) is 5.56 Å². The molecule has 2 rings (SSSR count). The first-order chi connectivity index (χ1) is 10.1. The Kier molecular flexibility index (Phi) is 5.18. The van der Waals surface area contributed by atoms with E-state index in [1.54, 1.807) is 0 Å². The molecule has 0 aliphatic carbocycles. The average Bonchev–Trinajstić information content (AvgIpc) is 2.47. The monoisotopic (exact) mass is 296 g/mol. The number of nitro benzene ring substituents is 1. The van der Waals surface area contributed by atoms with Crippen molar-refractivity contribution in [2.45, 2.75) is 0 Å². The van der Waals surface area contributed by atoms with E-state index in [0.717, 1.165) is 44.4 Å². The molecule has 1 aromatic rings. The highest BCUT2D eigenvalue weighted by atomic mass is 19.1. The molecule has 0 saturated carbocycles. The Labute approximate surface area is 121 Å². The molecule has 0 spiro atoms. The molecule has 7 nitrogen and oxygen atoms in total. The van der Waals surface area contributed by atoms with Crippen molar-refractivity contribution in [3.05, 3.63) is 39.7 Å². The highest BCUT2D eigenvalue weighted by Gasteiger charge is 2.15. The van der Waals surface area contributed by atoms with Crippen LogP contribution in [0.4, 0.5) is 10.1 Å². The van der Waals surface area contributed by atoms with Gasteiger partial charge in [-0.1, -0.05) is 0 Å². The van der Waals surface area contributed by atoms with Crippen molar-refractivity contribution in [2.75, 3.05) is 39.3 Å². The third-order valence-corrected chi connectivity index (χ3v) is 3.28. The molecule has 21 heavy (non-hydrogen) atoms. The molecular weight excluding hydrogens is 279 g/mol. The molecule has 0 atom stereocenters. The van der Waals surface area contributed by atoms with Crippen LogP contribution in [0.3, 0.4) is 0 Å². The van der Waals surface area contributed by atoms with Gasteiger partial charge in [-0.15, -0.1) is 0 Å². The fourth-order valence-corrected chi connectivity index (χ4v) is 2.18. The molecular formula is C13H17FN4O3. The topological polar surface area (TPSA) is 87.5 Å². The molecule has 0 unspecified atom stereocenters. The van der Waals surface area contributed by atoms with Crippen LogP contribution in [0.1, 0.15) is 10.4 Å². The number of hydrogen-bond donors (Lipinski definition) is 2. The van der Waals surface area contributed by atoms with Crippen LogP contribution >= 0.6 is 0 Å². The number of benzene rings is 1. The lowest BCUT2D eigenvalue weighted by molar-refractivity contribution is -0.385. The average molecular weight is 296 g/mol. The second-order valence-electron chi connectivity index (χ2n) is 4.80. The van der Waals surface area contributed by atoms with Crippen molar-refractivity contribution >= 4 is 11.6 Å². The minimum absolute atomic E-state index is 0.0398. The molecule has 114 valence electrons. The van der Waals surface area contributed by atoms with E-state index in [4.69, 9.17) is 0 Å². The minimum Gasteiger partial charge on any atom is -0.351 e. The van der Waals surface area contributed by atoms with Crippen LogP contribution in [-0.2, 0) is 0 Å². The van der Waals surface area contributed by atoms with Crippen LogP contribution in [0.25, 0.3) is 0 Å². The summed E-state index contributed by atoms with van der Waals surface area (Å²) in [5, 5.41) is 16.5. The number of nitrogens with one attached hydrogen (secondary N) is 2. The third kappa shape index (κ3) is 4.47. The first-order valence-electron chi connectivity index (χ1n) is 6.72. The SMILES string of the molecule is O=C(NCCN1CCNCC1)c1cc(F)cc([N+](=O)[O-])c1. The summed E-state index contributed by atoms with van der Waals surface area (Å²) in [5.41, 5.74) is -0.468. The predicted octanol–water partition coefficient (Wildman–Crippen LogP) is 0.369. The standard InChI is InChI=1S/C13H17FN4O3/c14-11-7-10(8-12(9-11)18(20)21)13(19)16-3-6-17-4-1-15-2-5-17/h7-9,15H,1-6H2,(H,16,19). The molecule has 1 aliphatic heterocycles. The lowest BCUT2D eigenvalue weighted by Gasteiger charge is -2.27. The zero-order valence-electron chi connectivity index (χ0n) is 11.5. The van der Waals surface area contributed by atoms with Crippen molar-refractivity contribution < 1.29 is 14.1 Å². The van der Waals surface area contributed by atoms with Gasteiger partial charge < -0.3 is 10.6 Å². The molecule has 1 fully saturated rings. The van der Waals surface area contributed by atoms with E-state index >= 15 is 0 Å². The van der Waals surface area contributed by atoms with Crippen molar-refractivity contribution in [3.8, 4) is 0 Å². The number of carbonyl (C=O) groups is 1. The molecule has 1 saturated heterocycles. The van der Waals surface area contributed by atoms with E-state index < -0.39 is 22.3 Å². The van der Waals surface area contributed by atoms with Gasteiger partial charge in [-0.25, -0.2) is 4.39 Å². The van der Waals surface area contributed by atoms with Gasteiger partial charge in [0.25, 0.3) is 11.6 Å². The quantitative estimate of drug-likeness (QED) is 0.605. The van der Waals surface area contributed by atoms with Crippen molar-refractivity contribution in [1.82, 2.24) is 15.5 Å². The molecule has 1 heterocycles. The highest BCUT2D eigenvalue weighted by molar-refractivity contribution is 5.94. The molecule has 8 heteroatoms. The second-order valence-corrected chi connectivity index (χ2v) is 4.80. The van der Waals surface area contributed by atoms with Crippen LogP contribution < -0.4 is 10.6 Å². The zero-order valence-corrected chi connectivity index (χ0v) is 11.5. The summed E-state index contributed by atoms with van der Waals surface area (Å²) in [6.07, 6.45) is 0. The normalized spacial score (nSPS) is 15.7. The lowest BCUT2D eigenvalue weighted by Crippen LogP contribution is -2.46. The Morgan fingerprint density at radius 3 is 2.76 bits per heavy atom. The number of carbonyl (C=O) groups excluding carboxylic acids is 1. The molecule has 2 N–H and O–H groups in total. The number of amides is 1. The number of piperazine rings is 1. The van der Waals surface area contributed by atoms with Crippen LogP contribution in [0.15, 0.2) is 18.2 Å². The van der Waals surface area contributed by atoms with E-state index in [2.05, 4.69) is 15.5 Å². The van der Waals surface area contributed by atoms with E-state index in [0.29, 0.717) is 13.1 Å². The van der Waals surface area contributed by atoms with Crippen LogP contribution in [0, 0.1) is 15.9 Å². The summed E-state index contributed by atoms with van der Waals surface area (Å²) in [4.78, 5) is 24.0. The first-order valence-corrected chi connectivity index (χ1v) is 6.72. The van der Waals surface area contributed by atoms with Crippen molar-refractivity contribution in [3.63, 3.8) is 0 Å². The van der Waals surface area contributed by atoms with Crippen LogP contribution in [0.5, 0.6) is 0 Å². The predicted molar refractivity (Wildman–Crippen MR) is 74.7 cm³/mol. The number of hydrogen-bond acceptors (Lipinski definition) is 5. The van der Waals surface area contributed by atoms with Crippen molar-refractivity contribution in [1.29, 1.82) is 0 Å². The smallest absolute Gasteiger partial charge is 0.273 e. The summed E-state index contributed by atoms with van der Waals surface area (Å²) in [6.45, 7) is 4.80. The number of rotatable bonds is 5. The number of halogens is 1. The lowest BCUT2D eigenvalue weighted by atomic mass is 10.2. The fraction of sp³-hybridized carbons (Fsp3) is 0.462. The highest BCUT2D eigenvalue weighted by Crippen LogP contribution is 2.16. The zero-order chi connectivity index (χ0) is 15.2. The molecule has 1 aliphatic rings. The Morgan fingerprint density at radius 2 is 2.10 bits per heavy atom. The summed E-state index contributed by atoms with van der Waals surface area (Å²) in [7, 11) is 0. The molecule has 0 bridgehead atoms. The fourth-order valence-electron chi connectivity index (χ4n) is 2.18. The maximum atomic E-state index is 13.3. The van der Waals surface area contributed by atoms with Gasteiger partial charge in [-0.2, -0.15) is 0 Å². The molecule has 1 amide bonds. The van der Waals surface area contributed by atoms with E-state index in [9.17, 15) is 19.3 Å². The second kappa shape index (κ2) is 7.09. The Balaban J connectivity index is 1.89. The number of nitro groups is 1. The minimum atomic E-state index is -0.795. The summed E-state index contributed by atoms with van der Waals surface area (Å²) in [6, 6.07) is 2.86. The first kappa shape index (κ1) is 15.3. The van der Waals surface area contributed by atoms with Gasteiger partial charge in [0.2, 0.25) is 0 Å². The molecule has 0 aromatic heterocycles. The van der Waals surface area contributed by atoms with Crippen molar-refractivity contribution in [2.24, 2.45) is 0 Å². The van der Waals surface area contributed by atoms with Gasteiger partial charge in [0, 0.05) is 50.9 Å². The number of non-ortho nitro benzene ring substituents is 1. The van der Waals surface area contributed by atoms with E-state index in [1.807, 2.05) is 0 Å². The Morgan fingerprint density at radius 1 is 1.38 bits per heavy atom. The van der Waals surface area contributed by atoms with E-state index in [1.165, 1.54) is 0 Å². The number of nitrogens with zero attached hydrogens (tertiary/aromatic N) is 2.